The van der Waals surface area contributed by atoms with Gasteiger partial charge in [-0.15, -0.1) is 0 Å². The molecule has 0 radical (unpaired) electrons. The molecule has 0 unspecified atom stereocenters. The molecule has 0 aromatic rings. The van der Waals surface area contributed by atoms with Gasteiger partial charge in [0.2, 0.25) is 0 Å². The molecule has 0 aromatic heterocycles. The van der Waals surface area contributed by atoms with Gasteiger partial charge in [-0.05, 0) is 49.9 Å². The lowest BCUT2D eigenvalue weighted by atomic mass is 9.57. The van der Waals surface area contributed by atoms with E-state index < -0.39 is 5.60 Å². The highest BCUT2D eigenvalue weighted by molar-refractivity contribution is 5.03. The van der Waals surface area contributed by atoms with Crippen molar-refractivity contribution in [3.05, 3.63) is 0 Å². The minimum Gasteiger partial charge on any atom is -0.389 e. The second-order valence-corrected chi connectivity index (χ2v) is 8.55. The zero-order valence-corrected chi connectivity index (χ0v) is 14.6. The van der Waals surface area contributed by atoms with Gasteiger partial charge in [0.25, 0.3) is 0 Å². The van der Waals surface area contributed by atoms with Crippen molar-refractivity contribution in [3.63, 3.8) is 0 Å². The molecule has 2 aliphatic rings. The van der Waals surface area contributed by atoms with Crippen molar-refractivity contribution in [1.82, 2.24) is 0 Å². The Morgan fingerprint density at radius 3 is 1.95 bits per heavy atom. The molecule has 0 heterocycles. The van der Waals surface area contributed by atoms with Crippen LogP contribution in [0, 0.1) is 16.7 Å². The summed E-state index contributed by atoms with van der Waals surface area (Å²) >= 11 is 0. The Labute approximate surface area is 131 Å². The Morgan fingerprint density at radius 2 is 1.52 bits per heavy atom. The fourth-order valence-corrected chi connectivity index (χ4v) is 4.96. The van der Waals surface area contributed by atoms with Gasteiger partial charge in [0.1, 0.15) is 0 Å². The lowest BCUT2D eigenvalue weighted by Gasteiger charge is -2.52. The molecule has 21 heavy (non-hydrogen) atoms. The predicted molar refractivity (Wildman–Crippen MR) is 90.2 cm³/mol. The third-order valence-electron chi connectivity index (χ3n) is 7.27. The van der Waals surface area contributed by atoms with Gasteiger partial charge in [-0.3, -0.25) is 0 Å². The van der Waals surface area contributed by atoms with Gasteiger partial charge < -0.3 is 10.8 Å². The van der Waals surface area contributed by atoms with Crippen LogP contribution in [0.3, 0.4) is 0 Å². The fraction of sp³-hybridized carbons (Fsp3) is 1.00. The molecule has 0 atom stereocenters. The van der Waals surface area contributed by atoms with Crippen LogP contribution in [0.1, 0.15) is 91.4 Å². The van der Waals surface area contributed by atoms with Crippen molar-refractivity contribution in [1.29, 1.82) is 0 Å². The van der Waals surface area contributed by atoms with E-state index in [2.05, 4.69) is 20.8 Å². The fourth-order valence-electron chi connectivity index (χ4n) is 4.96. The summed E-state index contributed by atoms with van der Waals surface area (Å²) in [5.74, 6) is 0.767. The largest absolute Gasteiger partial charge is 0.389 e. The highest BCUT2D eigenvalue weighted by Crippen LogP contribution is 2.53. The third-order valence-corrected chi connectivity index (χ3v) is 7.27. The summed E-state index contributed by atoms with van der Waals surface area (Å²) < 4.78 is 0. The Hall–Kier alpha value is -0.0800. The topological polar surface area (TPSA) is 46.2 Å². The maximum atomic E-state index is 11.4. The van der Waals surface area contributed by atoms with Crippen LogP contribution >= 0.6 is 0 Å². The molecule has 2 fully saturated rings. The van der Waals surface area contributed by atoms with E-state index in [4.69, 9.17) is 5.73 Å². The maximum absolute atomic E-state index is 11.4. The second kappa shape index (κ2) is 6.58. The Balaban J connectivity index is 2.09. The molecule has 2 aliphatic carbocycles. The Kier molecular flexibility index (Phi) is 5.41. The molecule has 0 bridgehead atoms. The normalized spacial score (nSPS) is 34.4. The van der Waals surface area contributed by atoms with Crippen molar-refractivity contribution in [3.8, 4) is 0 Å². The number of rotatable bonds is 4. The first-order valence-corrected chi connectivity index (χ1v) is 9.32. The van der Waals surface area contributed by atoms with Crippen LogP contribution in [0.15, 0.2) is 0 Å². The van der Waals surface area contributed by atoms with E-state index in [1.54, 1.807) is 0 Å². The molecular formula is C19H37NO. The summed E-state index contributed by atoms with van der Waals surface area (Å²) in [6.45, 7) is 7.76. The summed E-state index contributed by atoms with van der Waals surface area (Å²) in [4.78, 5) is 0. The second-order valence-electron chi connectivity index (χ2n) is 8.55. The van der Waals surface area contributed by atoms with E-state index in [0.29, 0.717) is 12.0 Å². The minimum absolute atomic E-state index is 0.00479. The van der Waals surface area contributed by atoms with E-state index in [-0.39, 0.29) is 5.41 Å². The molecule has 2 nitrogen and oxygen atoms in total. The molecule has 2 heteroatoms. The van der Waals surface area contributed by atoms with E-state index in [0.717, 1.165) is 31.6 Å². The molecule has 2 rings (SSSR count). The molecule has 0 aliphatic heterocycles. The van der Waals surface area contributed by atoms with Gasteiger partial charge >= 0.3 is 0 Å². The van der Waals surface area contributed by atoms with E-state index in [9.17, 15) is 5.11 Å². The highest BCUT2D eigenvalue weighted by Gasteiger charge is 2.51. The predicted octanol–water partition coefficient (Wildman–Crippen LogP) is 4.64. The van der Waals surface area contributed by atoms with Crippen LogP contribution < -0.4 is 5.73 Å². The van der Waals surface area contributed by atoms with Gasteiger partial charge in [0.15, 0.2) is 0 Å². The summed E-state index contributed by atoms with van der Waals surface area (Å²) in [6, 6.07) is 0. The standard InChI is InChI=1S/C19H37NO/c1-4-17(2,3)16-9-13-19(21,14-10-16)18(15-20)11-7-5-6-8-12-18/h16,21H,4-15,20H2,1-3H3. The zero-order valence-electron chi connectivity index (χ0n) is 14.6. The van der Waals surface area contributed by atoms with Crippen LogP contribution in [-0.4, -0.2) is 17.3 Å². The molecule has 0 aromatic carbocycles. The third kappa shape index (κ3) is 3.32. The number of hydrogen-bond acceptors (Lipinski definition) is 2. The number of aliphatic hydroxyl groups is 1. The van der Waals surface area contributed by atoms with Crippen LogP contribution in [-0.2, 0) is 0 Å². The summed E-state index contributed by atoms with van der Waals surface area (Å²) in [7, 11) is 0. The van der Waals surface area contributed by atoms with Crippen molar-refractivity contribution >= 4 is 0 Å². The monoisotopic (exact) mass is 295 g/mol. The lowest BCUT2D eigenvalue weighted by molar-refractivity contribution is -0.127. The molecule has 0 spiro atoms. The first kappa shape index (κ1) is 17.3. The first-order valence-electron chi connectivity index (χ1n) is 9.32. The van der Waals surface area contributed by atoms with Gasteiger partial charge in [-0.2, -0.15) is 0 Å². The number of hydrogen-bond donors (Lipinski definition) is 2. The first-order chi connectivity index (χ1) is 9.89. The average Bonchev–Trinajstić information content (AvgIpc) is 2.74. The number of nitrogens with two attached hydrogens (primary N) is 1. The van der Waals surface area contributed by atoms with Gasteiger partial charge in [-0.1, -0.05) is 52.9 Å². The average molecular weight is 296 g/mol. The van der Waals surface area contributed by atoms with E-state index in [1.807, 2.05) is 0 Å². The van der Waals surface area contributed by atoms with Gasteiger partial charge in [0, 0.05) is 12.0 Å². The minimum atomic E-state index is -0.494. The maximum Gasteiger partial charge on any atom is 0.0716 e. The SMILES string of the molecule is CCC(C)(C)C1CCC(O)(C2(CN)CCCCCC2)CC1. The van der Waals surface area contributed by atoms with Crippen molar-refractivity contribution in [2.75, 3.05) is 6.54 Å². The lowest BCUT2D eigenvalue weighted by Crippen LogP contribution is -2.55. The molecule has 0 amide bonds. The van der Waals surface area contributed by atoms with Gasteiger partial charge in [0.05, 0.1) is 5.60 Å². The molecule has 0 saturated heterocycles. The molecular weight excluding hydrogens is 258 g/mol. The van der Waals surface area contributed by atoms with Crippen LogP contribution in [0.2, 0.25) is 0 Å². The van der Waals surface area contributed by atoms with Crippen LogP contribution in [0.25, 0.3) is 0 Å². The highest BCUT2D eigenvalue weighted by atomic mass is 16.3. The van der Waals surface area contributed by atoms with Gasteiger partial charge in [-0.25, -0.2) is 0 Å². The smallest absolute Gasteiger partial charge is 0.0716 e. The Morgan fingerprint density at radius 1 is 1.00 bits per heavy atom. The van der Waals surface area contributed by atoms with E-state index in [1.165, 1.54) is 44.9 Å². The summed E-state index contributed by atoms with van der Waals surface area (Å²) in [6.07, 6.45) is 13.0. The van der Waals surface area contributed by atoms with Crippen molar-refractivity contribution in [2.45, 2.75) is 97.0 Å². The zero-order chi connectivity index (χ0) is 15.6. The van der Waals surface area contributed by atoms with E-state index >= 15 is 0 Å². The quantitative estimate of drug-likeness (QED) is 0.742. The Bertz CT molecular complexity index is 320. The van der Waals surface area contributed by atoms with Crippen LogP contribution in [0.5, 0.6) is 0 Å². The summed E-state index contributed by atoms with van der Waals surface area (Å²) in [5.41, 5.74) is 6.14. The van der Waals surface area contributed by atoms with Crippen LogP contribution in [0.4, 0.5) is 0 Å². The summed E-state index contributed by atoms with van der Waals surface area (Å²) in [5, 5.41) is 11.4. The molecule has 2 saturated carbocycles. The van der Waals surface area contributed by atoms with Crippen molar-refractivity contribution in [2.24, 2.45) is 22.5 Å². The molecule has 3 N–H and O–H groups in total. The van der Waals surface area contributed by atoms with Crippen molar-refractivity contribution < 1.29 is 5.11 Å². The molecule has 124 valence electrons.